The van der Waals surface area contributed by atoms with Gasteiger partial charge in [-0.1, -0.05) is 30.3 Å². The molecular weight excluding hydrogens is 334 g/mol. The molecule has 20 heavy (non-hydrogen) atoms. The van der Waals surface area contributed by atoms with Crippen LogP contribution in [0.4, 0.5) is 5.69 Å². The second kappa shape index (κ2) is 5.38. The molecular formula is C16H12BrNOS. The van der Waals surface area contributed by atoms with Crippen LogP contribution in [0, 0.1) is 6.92 Å². The zero-order chi connectivity index (χ0) is 14.1. The Morgan fingerprint density at radius 2 is 1.85 bits per heavy atom. The monoisotopic (exact) mass is 345 g/mol. The summed E-state index contributed by atoms with van der Waals surface area (Å²) in [5.74, 6) is -0.0703. The molecule has 4 heteroatoms. The number of thiophene rings is 1. The Morgan fingerprint density at radius 1 is 1.10 bits per heavy atom. The highest BCUT2D eigenvalue weighted by Gasteiger charge is 2.11. The first kappa shape index (κ1) is 13.3. The third-order valence-corrected chi connectivity index (χ3v) is 5.22. The van der Waals surface area contributed by atoms with Crippen molar-refractivity contribution in [2.24, 2.45) is 0 Å². The number of amides is 1. The molecule has 0 atom stereocenters. The Bertz CT molecular complexity index is 775. The fourth-order valence-electron chi connectivity index (χ4n) is 2.03. The molecule has 0 saturated carbocycles. The maximum Gasteiger partial charge on any atom is 0.265 e. The summed E-state index contributed by atoms with van der Waals surface area (Å²) in [6, 6.07) is 15.9. The molecule has 1 N–H and O–H groups in total. The number of hydrogen-bond acceptors (Lipinski definition) is 2. The van der Waals surface area contributed by atoms with E-state index >= 15 is 0 Å². The molecule has 0 aliphatic carbocycles. The summed E-state index contributed by atoms with van der Waals surface area (Å²) in [5, 5.41) is 5.23. The van der Waals surface area contributed by atoms with Crippen LogP contribution in [0.25, 0.3) is 10.8 Å². The molecule has 0 radical (unpaired) electrons. The van der Waals surface area contributed by atoms with E-state index in [4.69, 9.17) is 0 Å². The first-order valence-electron chi connectivity index (χ1n) is 6.19. The molecule has 1 aromatic heterocycles. The summed E-state index contributed by atoms with van der Waals surface area (Å²) in [4.78, 5) is 12.9. The van der Waals surface area contributed by atoms with Crippen molar-refractivity contribution in [2.45, 2.75) is 6.92 Å². The maximum atomic E-state index is 12.2. The normalized spacial score (nSPS) is 10.7. The SMILES string of the molecule is Cc1cc(C(=O)Nc2ccc3ccccc3c2)sc1Br. The van der Waals surface area contributed by atoms with Gasteiger partial charge in [-0.3, -0.25) is 4.79 Å². The standard InChI is InChI=1S/C16H12BrNOS/c1-10-8-14(20-15(10)17)16(19)18-13-7-6-11-4-2-3-5-12(11)9-13/h2-9H,1H3,(H,18,19). The van der Waals surface area contributed by atoms with Gasteiger partial charge in [0, 0.05) is 5.69 Å². The molecule has 3 rings (SSSR count). The molecule has 100 valence electrons. The molecule has 0 fully saturated rings. The first-order chi connectivity index (χ1) is 9.63. The lowest BCUT2D eigenvalue weighted by atomic mass is 10.1. The highest BCUT2D eigenvalue weighted by molar-refractivity contribution is 9.11. The number of rotatable bonds is 2. The Morgan fingerprint density at radius 3 is 2.55 bits per heavy atom. The van der Waals surface area contributed by atoms with Crippen LogP contribution < -0.4 is 5.32 Å². The molecule has 0 unspecified atom stereocenters. The van der Waals surface area contributed by atoms with Crippen molar-refractivity contribution in [1.29, 1.82) is 0 Å². The molecule has 3 aromatic rings. The van der Waals surface area contributed by atoms with Crippen LogP contribution >= 0.6 is 27.3 Å². The smallest absolute Gasteiger partial charge is 0.265 e. The lowest BCUT2D eigenvalue weighted by Gasteiger charge is -2.05. The summed E-state index contributed by atoms with van der Waals surface area (Å²) in [6.07, 6.45) is 0. The first-order valence-corrected chi connectivity index (χ1v) is 7.80. The van der Waals surface area contributed by atoms with Crippen LogP contribution in [-0.2, 0) is 0 Å². The minimum absolute atomic E-state index is 0.0703. The Hall–Kier alpha value is -1.65. The summed E-state index contributed by atoms with van der Waals surface area (Å²) in [7, 11) is 0. The zero-order valence-corrected chi connectivity index (χ0v) is 13.2. The maximum absolute atomic E-state index is 12.2. The number of benzene rings is 2. The van der Waals surface area contributed by atoms with Gasteiger partial charge >= 0.3 is 0 Å². The highest BCUT2D eigenvalue weighted by Crippen LogP contribution is 2.28. The molecule has 1 amide bonds. The number of carbonyl (C=O) groups is 1. The van der Waals surface area contributed by atoms with Gasteiger partial charge in [-0.15, -0.1) is 11.3 Å². The number of aryl methyl sites for hydroxylation is 1. The molecule has 0 spiro atoms. The largest absolute Gasteiger partial charge is 0.321 e. The van der Waals surface area contributed by atoms with Crippen LogP contribution in [0.3, 0.4) is 0 Å². The van der Waals surface area contributed by atoms with E-state index in [1.54, 1.807) is 0 Å². The van der Waals surface area contributed by atoms with Gasteiger partial charge in [0.1, 0.15) is 0 Å². The van der Waals surface area contributed by atoms with E-state index in [2.05, 4.69) is 27.3 Å². The van der Waals surface area contributed by atoms with E-state index in [-0.39, 0.29) is 5.91 Å². The predicted octanol–water partition coefficient (Wildman–Crippen LogP) is 5.22. The van der Waals surface area contributed by atoms with E-state index in [1.165, 1.54) is 16.7 Å². The second-order valence-corrected chi connectivity index (χ2v) is 6.95. The van der Waals surface area contributed by atoms with Crippen LogP contribution in [-0.4, -0.2) is 5.91 Å². The minimum atomic E-state index is -0.0703. The van der Waals surface area contributed by atoms with Crippen molar-refractivity contribution in [3.8, 4) is 0 Å². The summed E-state index contributed by atoms with van der Waals surface area (Å²) in [5.41, 5.74) is 1.90. The van der Waals surface area contributed by atoms with Crippen LogP contribution in [0.2, 0.25) is 0 Å². The van der Waals surface area contributed by atoms with Gasteiger partial charge < -0.3 is 5.32 Å². The van der Waals surface area contributed by atoms with Crippen molar-refractivity contribution in [1.82, 2.24) is 0 Å². The van der Waals surface area contributed by atoms with Gasteiger partial charge in [0.2, 0.25) is 0 Å². The van der Waals surface area contributed by atoms with Crippen molar-refractivity contribution >= 4 is 49.6 Å². The van der Waals surface area contributed by atoms with Crippen molar-refractivity contribution in [2.75, 3.05) is 5.32 Å². The molecule has 0 aliphatic rings. The van der Waals surface area contributed by atoms with Crippen molar-refractivity contribution < 1.29 is 4.79 Å². The zero-order valence-electron chi connectivity index (χ0n) is 10.8. The summed E-state index contributed by atoms with van der Waals surface area (Å²) < 4.78 is 1.00. The quantitative estimate of drug-likeness (QED) is 0.677. The Balaban J connectivity index is 1.87. The topological polar surface area (TPSA) is 29.1 Å². The van der Waals surface area contributed by atoms with E-state index in [1.807, 2.05) is 49.4 Å². The van der Waals surface area contributed by atoms with Crippen LogP contribution in [0.5, 0.6) is 0 Å². The molecule has 0 aliphatic heterocycles. The third-order valence-electron chi connectivity index (χ3n) is 3.09. The van der Waals surface area contributed by atoms with Gasteiger partial charge in [0.05, 0.1) is 8.66 Å². The molecule has 0 saturated heterocycles. The van der Waals surface area contributed by atoms with Gasteiger partial charge in [-0.05, 0) is 57.4 Å². The molecule has 2 nitrogen and oxygen atoms in total. The average molecular weight is 346 g/mol. The molecule has 0 bridgehead atoms. The van der Waals surface area contributed by atoms with Crippen LogP contribution in [0.15, 0.2) is 52.3 Å². The second-order valence-electron chi connectivity index (χ2n) is 4.58. The van der Waals surface area contributed by atoms with Gasteiger partial charge in [0.25, 0.3) is 5.91 Å². The summed E-state index contributed by atoms with van der Waals surface area (Å²) in [6.45, 7) is 1.98. The lowest BCUT2D eigenvalue weighted by Crippen LogP contribution is -2.09. The number of nitrogens with one attached hydrogen (secondary N) is 1. The van der Waals surface area contributed by atoms with E-state index in [0.29, 0.717) is 4.88 Å². The van der Waals surface area contributed by atoms with Crippen molar-refractivity contribution in [3.05, 3.63) is 62.8 Å². The molecule has 1 heterocycles. The van der Waals surface area contributed by atoms with E-state index < -0.39 is 0 Å². The van der Waals surface area contributed by atoms with Gasteiger partial charge in [-0.25, -0.2) is 0 Å². The number of hydrogen-bond donors (Lipinski definition) is 1. The van der Waals surface area contributed by atoms with E-state index in [0.717, 1.165) is 20.4 Å². The fraction of sp³-hybridized carbons (Fsp3) is 0.0625. The predicted molar refractivity (Wildman–Crippen MR) is 88.7 cm³/mol. The Labute approximate surface area is 129 Å². The number of halogens is 1. The van der Waals surface area contributed by atoms with Crippen molar-refractivity contribution in [3.63, 3.8) is 0 Å². The van der Waals surface area contributed by atoms with Gasteiger partial charge in [-0.2, -0.15) is 0 Å². The summed E-state index contributed by atoms with van der Waals surface area (Å²) >= 11 is 4.89. The Kier molecular flexibility index (Phi) is 3.59. The lowest BCUT2D eigenvalue weighted by molar-refractivity contribution is 0.103. The molecule has 2 aromatic carbocycles. The highest BCUT2D eigenvalue weighted by atomic mass is 79.9. The van der Waals surface area contributed by atoms with E-state index in [9.17, 15) is 4.79 Å². The van der Waals surface area contributed by atoms with Gasteiger partial charge in [0.15, 0.2) is 0 Å². The average Bonchev–Trinajstić information content (AvgIpc) is 2.79. The van der Waals surface area contributed by atoms with Crippen LogP contribution in [0.1, 0.15) is 15.2 Å². The fourth-order valence-corrected chi connectivity index (χ4v) is 3.46. The number of fused-ring (bicyclic) bond motifs is 1. The third kappa shape index (κ3) is 2.62. The number of anilines is 1. The number of carbonyl (C=O) groups excluding carboxylic acids is 1. The minimum Gasteiger partial charge on any atom is -0.321 e.